The van der Waals surface area contributed by atoms with E-state index >= 15 is 0 Å². The lowest BCUT2D eigenvalue weighted by molar-refractivity contribution is -0.384. The van der Waals surface area contributed by atoms with E-state index in [1.165, 1.54) is 12.1 Å². The van der Waals surface area contributed by atoms with Gasteiger partial charge in [-0.3, -0.25) is 10.1 Å². The van der Waals surface area contributed by atoms with Crippen LogP contribution in [0.4, 0.5) is 5.69 Å². The molecule has 2 N–H and O–H groups in total. The van der Waals surface area contributed by atoms with Crippen LogP contribution in [0.3, 0.4) is 0 Å². The third-order valence-electron chi connectivity index (χ3n) is 2.23. The Morgan fingerprint density at radius 3 is 2.83 bits per heavy atom. The zero-order valence-corrected chi connectivity index (χ0v) is 10.5. The lowest BCUT2D eigenvalue weighted by atomic mass is 10.3. The van der Waals surface area contributed by atoms with Crippen molar-refractivity contribution >= 4 is 5.69 Å². The number of nitro groups is 1. The summed E-state index contributed by atoms with van der Waals surface area (Å²) in [5, 5.41) is 23.2. The Hall–Kier alpha value is -1.66. The molecule has 0 aromatic heterocycles. The summed E-state index contributed by atoms with van der Waals surface area (Å²) in [5.74, 6) is 0.382. The summed E-state index contributed by atoms with van der Waals surface area (Å²) in [5.41, 5.74) is -0.0257. The van der Waals surface area contributed by atoms with Gasteiger partial charge in [-0.1, -0.05) is 19.9 Å². The number of hydrogen-bond acceptors (Lipinski definition) is 5. The van der Waals surface area contributed by atoms with Crippen LogP contribution >= 0.6 is 0 Å². The van der Waals surface area contributed by atoms with Crippen LogP contribution in [0, 0.1) is 10.1 Å². The predicted molar refractivity (Wildman–Crippen MR) is 67.7 cm³/mol. The fourth-order valence-electron chi connectivity index (χ4n) is 1.31. The second kappa shape index (κ2) is 6.93. The average molecular weight is 254 g/mol. The van der Waals surface area contributed by atoms with Crippen LogP contribution in [0.15, 0.2) is 24.3 Å². The molecule has 0 aliphatic rings. The molecule has 0 fully saturated rings. The molecule has 1 atom stereocenters. The van der Waals surface area contributed by atoms with Gasteiger partial charge in [0.2, 0.25) is 0 Å². The Bertz CT molecular complexity index is 395. The van der Waals surface area contributed by atoms with Crippen molar-refractivity contribution in [2.75, 3.05) is 13.2 Å². The fraction of sp³-hybridized carbons (Fsp3) is 0.500. The minimum absolute atomic E-state index is 0.0257. The second-order valence-corrected chi connectivity index (χ2v) is 4.28. The van der Waals surface area contributed by atoms with Crippen molar-refractivity contribution in [3.63, 3.8) is 0 Å². The van der Waals surface area contributed by atoms with Crippen LogP contribution in [0.25, 0.3) is 0 Å². The number of ether oxygens (including phenoxy) is 1. The molecule has 1 aromatic carbocycles. The van der Waals surface area contributed by atoms with Gasteiger partial charge in [0, 0.05) is 18.7 Å². The number of nitro benzene ring substituents is 1. The van der Waals surface area contributed by atoms with Gasteiger partial charge in [-0.15, -0.1) is 0 Å². The zero-order chi connectivity index (χ0) is 13.5. The van der Waals surface area contributed by atoms with Crippen molar-refractivity contribution in [2.24, 2.45) is 0 Å². The lowest BCUT2D eigenvalue weighted by Gasteiger charge is -2.14. The molecule has 0 heterocycles. The summed E-state index contributed by atoms with van der Waals surface area (Å²) in [7, 11) is 0. The number of aliphatic hydroxyl groups is 1. The van der Waals surface area contributed by atoms with E-state index in [2.05, 4.69) is 5.32 Å². The molecule has 1 aromatic rings. The maximum absolute atomic E-state index is 10.6. The number of non-ortho nitro benzene ring substituents is 1. The Balaban J connectivity index is 2.43. The van der Waals surface area contributed by atoms with E-state index in [0.717, 1.165) is 0 Å². The molecule has 0 spiro atoms. The van der Waals surface area contributed by atoms with Gasteiger partial charge in [-0.05, 0) is 6.07 Å². The van der Waals surface area contributed by atoms with Crippen LogP contribution in [0.1, 0.15) is 13.8 Å². The molecular formula is C12H18N2O4. The van der Waals surface area contributed by atoms with Gasteiger partial charge in [0.1, 0.15) is 18.5 Å². The van der Waals surface area contributed by atoms with Gasteiger partial charge in [0.15, 0.2) is 0 Å². The summed E-state index contributed by atoms with van der Waals surface area (Å²) in [6.45, 7) is 4.48. The number of benzene rings is 1. The first kappa shape index (κ1) is 14.4. The average Bonchev–Trinajstić information content (AvgIpc) is 2.34. The van der Waals surface area contributed by atoms with Crippen LogP contribution in [0.5, 0.6) is 5.75 Å². The van der Waals surface area contributed by atoms with Crippen molar-refractivity contribution in [1.82, 2.24) is 5.32 Å². The molecule has 0 aliphatic heterocycles. The molecule has 1 rings (SSSR count). The summed E-state index contributed by atoms with van der Waals surface area (Å²) in [6, 6.07) is 6.19. The first-order valence-electron chi connectivity index (χ1n) is 5.77. The molecule has 100 valence electrons. The highest BCUT2D eigenvalue weighted by atomic mass is 16.6. The van der Waals surface area contributed by atoms with Crippen molar-refractivity contribution in [1.29, 1.82) is 0 Å². The molecule has 0 saturated heterocycles. The van der Waals surface area contributed by atoms with E-state index in [4.69, 9.17) is 4.74 Å². The molecule has 6 heteroatoms. The highest BCUT2D eigenvalue weighted by Crippen LogP contribution is 2.19. The van der Waals surface area contributed by atoms with E-state index in [9.17, 15) is 15.2 Å². The zero-order valence-electron chi connectivity index (χ0n) is 10.5. The first-order chi connectivity index (χ1) is 8.49. The third kappa shape index (κ3) is 5.11. The highest BCUT2D eigenvalue weighted by molar-refractivity contribution is 5.37. The number of hydrogen-bond donors (Lipinski definition) is 2. The van der Waals surface area contributed by atoms with Gasteiger partial charge in [-0.2, -0.15) is 0 Å². The number of nitrogens with one attached hydrogen (secondary N) is 1. The van der Waals surface area contributed by atoms with Gasteiger partial charge in [-0.25, -0.2) is 0 Å². The van der Waals surface area contributed by atoms with Crippen molar-refractivity contribution < 1.29 is 14.8 Å². The van der Waals surface area contributed by atoms with Crippen LogP contribution in [0.2, 0.25) is 0 Å². The smallest absolute Gasteiger partial charge is 0.273 e. The van der Waals surface area contributed by atoms with Crippen LogP contribution in [-0.4, -0.2) is 35.3 Å². The molecule has 6 nitrogen and oxygen atoms in total. The SMILES string of the molecule is CC(C)NC[C@@H](O)COc1cccc([N+](=O)[O-])c1. The predicted octanol–water partition coefficient (Wildman–Crippen LogP) is 1.33. The maximum atomic E-state index is 10.6. The molecule has 18 heavy (non-hydrogen) atoms. The van der Waals surface area contributed by atoms with E-state index in [-0.39, 0.29) is 18.3 Å². The van der Waals surface area contributed by atoms with Gasteiger partial charge >= 0.3 is 0 Å². The third-order valence-corrected chi connectivity index (χ3v) is 2.23. The molecule has 0 aliphatic carbocycles. The maximum Gasteiger partial charge on any atom is 0.273 e. The van der Waals surface area contributed by atoms with Gasteiger partial charge in [0.05, 0.1) is 11.0 Å². The Morgan fingerprint density at radius 1 is 1.50 bits per heavy atom. The van der Waals surface area contributed by atoms with Crippen molar-refractivity contribution in [3.05, 3.63) is 34.4 Å². The summed E-state index contributed by atoms with van der Waals surface area (Å²) in [4.78, 5) is 10.1. The molecule has 0 radical (unpaired) electrons. The monoisotopic (exact) mass is 254 g/mol. The molecule has 0 bridgehead atoms. The topological polar surface area (TPSA) is 84.6 Å². The number of nitrogens with zero attached hydrogens (tertiary/aromatic N) is 1. The Kier molecular flexibility index (Phi) is 5.54. The highest BCUT2D eigenvalue weighted by Gasteiger charge is 2.09. The molecule has 0 saturated carbocycles. The number of rotatable bonds is 7. The van der Waals surface area contributed by atoms with E-state index in [1.54, 1.807) is 12.1 Å². The Labute approximate surface area is 106 Å². The summed E-state index contributed by atoms with van der Waals surface area (Å²) in [6.07, 6.45) is -0.647. The van der Waals surface area contributed by atoms with Crippen molar-refractivity contribution in [3.8, 4) is 5.75 Å². The summed E-state index contributed by atoms with van der Waals surface area (Å²) >= 11 is 0. The number of aliphatic hydroxyl groups excluding tert-OH is 1. The van der Waals surface area contributed by atoms with Crippen molar-refractivity contribution in [2.45, 2.75) is 26.0 Å². The van der Waals surface area contributed by atoms with Crippen LogP contribution < -0.4 is 10.1 Å². The van der Waals surface area contributed by atoms with E-state index in [0.29, 0.717) is 12.3 Å². The van der Waals surface area contributed by atoms with E-state index < -0.39 is 11.0 Å². The quantitative estimate of drug-likeness (QED) is 0.566. The second-order valence-electron chi connectivity index (χ2n) is 4.28. The molecular weight excluding hydrogens is 236 g/mol. The largest absolute Gasteiger partial charge is 0.491 e. The summed E-state index contributed by atoms with van der Waals surface area (Å²) < 4.78 is 5.30. The standard InChI is InChI=1S/C12H18N2O4/c1-9(2)13-7-11(15)8-18-12-5-3-4-10(6-12)14(16)17/h3-6,9,11,13,15H,7-8H2,1-2H3/t11-/m1/s1. The van der Waals surface area contributed by atoms with Gasteiger partial charge in [0.25, 0.3) is 5.69 Å². The molecule has 0 amide bonds. The molecule has 0 unspecified atom stereocenters. The van der Waals surface area contributed by atoms with Gasteiger partial charge < -0.3 is 15.2 Å². The normalized spacial score (nSPS) is 12.4. The first-order valence-corrected chi connectivity index (χ1v) is 5.77. The minimum Gasteiger partial charge on any atom is -0.491 e. The fourth-order valence-corrected chi connectivity index (χ4v) is 1.31. The Morgan fingerprint density at radius 2 is 2.22 bits per heavy atom. The minimum atomic E-state index is -0.647. The van der Waals surface area contributed by atoms with Crippen LogP contribution in [-0.2, 0) is 0 Å². The lowest BCUT2D eigenvalue weighted by Crippen LogP contribution is -2.35. The van der Waals surface area contributed by atoms with E-state index in [1.807, 2.05) is 13.8 Å².